The zero-order valence-corrected chi connectivity index (χ0v) is 11.4. The molecular weight excluding hydrogens is 276 g/mol. The third-order valence-electron chi connectivity index (χ3n) is 3.06. The Morgan fingerprint density at radius 3 is 1.85 bits per heavy atom. The van der Waals surface area contributed by atoms with Gasteiger partial charge in [-0.25, -0.2) is 9.97 Å². The highest BCUT2D eigenvalue weighted by Gasteiger charge is 2.10. The maximum absolute atomic E-state index is 10.4. The molecule has 0 radical (unpaired) electrons. The highest BCUT2D eigenvalue weighted by molar-refractivity contribution is 6.30. The molecule has 0 aliphatic heterocycles. The second-order valence-electron chi connectivity index (χ2n) is 4.54. The molecule has 0 saturated heterocycles. The Balaban J connectivity index is 1.92. The Hall–Kier alpha value is -2.27. The lowest BCUT2D eigenvalue weighted by molar-refractivity contribution is 0.456. The molecule has 3 rings (SSSR count). The first-order chi connectivity index (χ1) is 9.72. The molecule has 1 N–H and O–H groups in total. The van der Waals surface area contributed by atoms with Gasteiger partial charge in [-0.3, -0.25) is 0 Å². The minimum atomic E-state index is 0.261. The van der Waals surface area contributed by atoms with Crippen LogP contribution in [0.5, 0.6) is 5.75 Å². The van der Waals surface area contributed by atoms with Crippen molar-refractivity contribution in [3.63, 3.8) is 0 Å². The summed E-state index contributed by atoms with van der Waals surface area (Å²) < 4.78 is 3.76. The number of phenols is 1. The lowest BCUT2D eigenvalue weighted by atomic mass is 10.1. The van der Waals surface area contributed by atoms with Crippen LogP contribution < -0.4 is 0 Å². The van der Waals surface area contributed by atoms with Gasteiger partial charge in [0.15, 0.2) is 0 Å². The zero-order chi connectivity index (χ0) is 13.9. The fourth-order valence-electron chi connectivity index (χ4n) is 2.11. The Morgan fingerprint density at radius 2 is 1.45 bits per heavy atom. The van der Waals surface area contributed by atoms with E-state index in [-0.39, 0.29) is 5.75 Å². The standard InChI is InChI=1S/C14H13ClN4O/c15-13-5-11(7-18-3-1-16-9-18)14(20)12(6-13)8-19-4-2-17-10-19/h1-6,9-10,20H,7-8H2. The highest BCUT2D eigenvalue weighted by Crippen LogP contribution is 2.28. The van der Waals surface area contributed by atoms with Crippen LogP contribution in [-0.2, 0) is 13.1 Å². The molecule has 0 unspecified atom stereocenters. The van der Waals surface area contributed by atoms with Crippen LogP contribution in [0.4, 0.5) is 0 Å². The van der Waals surface area contributed by atoms with E-state index in [1.807, 2.05) is 21.5 Å². The van der Waals surface area contributed by atoms with Gasteiger partial charge in [-0.15, -0.1) is 0 Å². The molecule has 0 bridgehead atoms. The molecule has 3 aromatic rings. The van der Waals surface area contributed by atoms with Gasteiger partial charge in [0.25, 0.3) is 0 Å². The van der Waals surface area contributed by atoms with Crippen molar-refractivity contribution in [3.8, 4) is 5.75 Å². The molecule has 20 heavy (non-hydrogen) atoms. The lowest BCUT2D eigenvalue weighted by Gasteiger charge is -2.12. The van der Waals surface area contributed by atoms with Crippen molar-refractivity contribution in [2.24, 2.45) is 0 Å². The van der Waals surface area contributed by atoms with Crippen molar-refractivity contribution in [2.45, 2.75) is 13.1 Å². The van der Waals surface area contributed by atoms with Gasteiger partial charge in [-0.05, 0) is 12.1 Å². The van der Waals surface area contributed by atoms with Gasteiger partial charge >= 0.3 is 0 Å². The largest absolute Gasteiger partial charge is 0.507 e. The Labute approximate surface area is 121 Å². The summed E-state index contributed by atoms with van der Waals surface area (Å²) in [5, 5.41) is 11.0. The summed E-state index contributed by atoms with van der Waals surface area (Å²) in [5.74, 6) is 0.261. The molecule has 102 valence electrons. The number of benzene rings is 1. The molecule has 0 fully saturated rings. The van der Waals surface area contributed by atoms with E-state index in [4.69, 9.17) is 11.6 Å². The van der Waals surface area contributed by atoms with E-state index in [0.29, 0.717) is 18.1 Å². The number of aromatic nitrogens is 4. The van der Waals surface area contributed by atoms with E-state index in [0.717, 1.165) is 11.1 Å². The number of nitrogens with zero attached hydrogens (tertiary/aromatic N) is 4. The quantitative estimate of drug-likeness (QED) is 0.803. The molecule has 0 saturated carbocycles. The van der Waals surface area contributed by atoms with Crippen molar-refractivity contribution >= 4 is 11.6 Å². The van der Waals surface area contributed by atoms with Gasteiger partial charge in [-0.2, -0.15) is 0 Å². The Bertz CT molecular complexity index is 635. The number of rotatable bonds is 4. The molecule has 1 aromatic carbocycles. The molecule has 2 heterocycles. The fourth-order valence-corrected chi connectivity index (χ4v) is 2.38. The van der Waals surface area contributed by atoms with Crippen molar-refractivity contribution < 1.29 is 5.11 Å². The number of hydrogen-bond donors (Lipinski definition) is 1. The van der Waals surface area contributed by atoms with E-state index < -0.39 is 0 Å². The number of phenolic OH excluding ortho intramolecular Hbond substituents is 1. The third-order valence-corrected chi connectivity index (χ3v) is 3.28. The molecular formula is C14H13ClN4O. The van der Waals surface area contributed by atoms with Crippen molar-refractivity contribution in [1.29, 1.82) is 0 Å². The number of imidazole rings is 2. The van der Waals surface area contributed by atoms with Crippen molar-refractivity contribution in [1.82, 2.24) is 19.1 Å². The minimum Gasteiger partial charge on any atom is -0.507 e. The average molecular weight is 289 g/mol. The first-order valence-electron chi connectivity index (χ1n) is 6.14. The van der Waals surface area contributed by atoms with Crippen LogP contribution in [0.2, 0.25) is 5.02 Å². The molecule has 5 nitrogen and oxygen atoms in total. The normalized spacial score (nSPS) is 10.8. The van der Waals surface area contributed by atoms with Crippen LogP contribution in [-0.4, -0.2) is 24.2 Å². The summed E-state index contributed by atoms with van der Waals surface area (Å²) >= 11 is 6.14. The van der Waals surface area contributed by atoms with Crippen LogP contribution >= 0.6 is 11.6 Å². The summed E-state index contributed by atoms with van der Waals surface area (Å²) in [6.07, 6.45) is 10.5. The summed E-state index contributed by atoms with van der Waals surface area (Å²) in [7, 11) is 0. The van der Waals surface area contributed by atoms with Gasteiger partial charge in [0.1, 0.15) is 5.75 Å². The first kappa shape index (κ1) is 12.7. The third kappa shape index (κ3) is 2.67. The maximum atomic E-state index is 10.4. The minimum absolute atomic E-state index is 0.261. The lowest BCUT2D eigenvalue weighted by Crippen LogP contribution is -2.02. The van der Waals surface area contributed by atoms with E-state index in [2.05, 4.69) is 9.97 Å². The topological polar surface area (TPSA) is 55.9 Å². The van der Waals surface area contributed by atoms with Gasteiger partial charge in [0.2, 0.25) is 0 Å². The molecule has 0 aliphatic rings. The first-order valence-corrected chi connectivity index (χ1v) is 6.52. The van der Waals surface area contributed by atoms with E-state index in [1.54, 1.807) is 37.2 Å². The molecule has 2 aromatic heterocycles. The SMILES string of the molecule is Oc1c(Cn2ccnc2)cc(Cl)cc1Cn1ccnc1. The Kier molecular flexibility index (Phi) is 3.43. The van der Waals surface area contributed by atoms with Crippen LogP contribution in [0.25, 0.3) is 0 Å². The zero-order valence-electron chi connectivity index (χ0n) is 10.6. The second kappa shape index (κ2) is 5.38. The molecule has 6 heteroatoms. The van der Waals surface area contributed by atoms with Crippen molar-refractivity contribution in [2.75, 3.05) is 0 Å². The summed E-state index contributed by atoms with van der Waals surface area (Å²) in [4.78, 5) is 7.98. The predicted molar refractivity (Wildman–Crippen MR) is 75.8 cm³/mol. The van der Waals surface area contributed by atoms with E-state index in [1.165, 1.54) is 0 Å². The van der Waals surface area contributed by atoms with E-state index >= 15 is 0 Å². The number of halogens is 1. The van der Waals surface area contributed by atoms with Crippen LogP contribution in [0.1, 0.15) is 11.1 Å². The summed E-state index contributed by atoms with van der Waals surface area (Å²) in [6, 6.07) is 3.54. The number of hydrogen-bond acceptors (Lipinski definition) is 3. The highest BCUT2D eigenvalue weighted by atomic mass is 35.5. The Morgan fingerprint density at radius 1 is 0.950 bits per heavy atom. The van der Waals surface area contributed by atoms with Gasteiger partial charge in [0, 0.05) is 40.9 Å². The summed E-state index contributed by atoms with van der Waals surface area (Å²) in [6.45, 7) is 1.06. The van der Waals surface area contributed by atoms with Crippen LogP contribution in [0.3, 0.4) is 0 Å². The fraction of sp³-hybridized carbons (Fsp3) is 0.143. The molecule has 0 amide bonds. The molecule has 0 atom stereocenters. The molecule has 0 spiro atoms. The van der Waals surface area contributed by atoms with Crippen LogP contribution in [0, 0.1) is 0 Å². The predicted octanol–water partition coefficient (Wildman–Crippen LogP) is 2.54. The monoisotopic (exact) mass is 288 g/mol. The van der Waals surface area contributed by atoms with Gasteiger partial charge in [-0.1, -0.05) is 11.6 Å². The van der Waals surface area contributed by atoms with Gasteiger partial charge in [0.05, 0.1) is 25.7 Å². The average Bonchev–Trinajstić information content (AvgIpc) is 3.08. The van der Waals surface area contributed by atoms with Crippen LogP contribution in [0.15, 0.2) is 49.6 Å². The van der Waals surface area contributed by atoms with Crippen molar-refractivity contribution in [3.05, 3.63) is 65.7 Å². The second-order valence-corrected chi connectivity index (χ2v) is 4.98. The number of aromatic hydroxyl groups is 1. The van der Waals surface area contributed by atoms with E-state index in [9.17, 15) is 5.11 Å². The molecule has 0 aliphatic carbocycles. The maximum Gasteiger partial charge on any atom is 0.125 e. The summed E-state index contributed by atoms with van der Waals surface area (Å²) in [5.41, 5.74) is 1.54. The van der Waals surface area contributed by atoms with Gasteiger partial charge < -0.3 is 14.2 Å². The smallest absolute Gasteiger partial charge is 0.125 e.